The monoisotopic (exact) mass is 302 g/mol. The SMILES string of the molecule is CC(CCc1ccccc1)NC(=O)CC(C)C1CCNCC1. The molecule has 1 aliphatic rings. The first-order valence-electron chi connectivity index (χ1n) is 8.69. The number of aryl methyl sites for hydroxylation is 1. The molecule has 1 fully saturated rings. The molecule has 0 radical (unpaired) electrons. The molecule has 1 aromatic carbocycles. The summed E-state index contributed by atoms with van der Waals surface area (Å²) in [7, 11) is 0. The van der Waals surface area contributed by atoms with Crippen LogP contribution in [-0.2, 0) is 11.2 Å². The second kappa shape index (κ2) is 8.94. The van der Waals surface area contributed by atoms with Gasteiger partial charge in [-0.1, -0.05) is 37.3 Å². The van der Waals surface area contributed by atoms with E-state index in [9.17, 15) is 4.79 Å². The van der Waals surface area contributed by atoms with Crippen LogP contribution in [0.1, 0.15) is 45.1 Å². The van der Waals surface area contributed by atoms with Gasteiger partial charge < -0.3 is 10.6 Å². The molecule has 1 heterocycles. The van der Waals surface area contributed by atoms with Gasteiger partial charge >= 0.3 is 0 Å². The van der Waals surface area contributed by atoms with Gasteiger partial charge in [-0.05, 0) is 63.1 Å². The zero-order valence-corrected chi connectivity index (χ0v) is 14.0. The molecule has 3 nitrogen and oxygen atoms in total. The summed E-state index contributed by atoms with van der Waals surface area (Å²) in [6.45, 7) is 6.54. The Morgan fingerprint density at radius 3 is 2.59 bits per heavy atom. The van der Waals surface area contributed by atoms with Gasteiger partial charge in [-0.25, -0.2) is 0 Å². The van der Waals surface area contributed by atoms with Gasteiger partial charge in [0.05, 0.1) is 0 Å². The van der Waals surface area contributed by atoms with Crippen LogP contribution in [0.5, 0.6) is 0 Å². The largest absolute Gasteiger partial charge is 0.354 e. The lowest BCUT2D eigenvalue weighted by Gasteiger charge is -2.28. The molecular formula is C19H30N2O. The standard InChI is InChI=1S/C19H30N2O/c1-15(18-10-12-20-13-11-18)14-19(22)21-16(2)8-9-17-6-4-3-5-7-17/h3-7,15-16,18,20H,8-14H2,1-2H3,(H,21,22). The minimum atomic E-state index is 0.214. The van der Waals surface area contributed by atoms with E-state index in [4.69, 9.17) is 0 Å². The molecule has 0 aliphatic carbocycles. The van der Waals surface area contributed by atoms with Gasteiger partial charge in [0.15, 0.2) is 0 Å². The number of carbonyl (C=O) groups excluding carboxylic acids is 1. The summed E-state index contributed by atoms with van der Waals surface area (Å²) in [5.41, 5.74) is 1.34. The number of hydrogen-bond acceptors (Lipinski definition) is 2. The number of piperidine rings is 1. The first kappa shape index (κ1) is 17.0. The van der Waals surface area contributed by atoms with E-state index in [2.05, 4.69) is 48.7 Å². The fourth-order valence-electron chi connectivity index (χ4n) is 3.31. The zero-order chi connectivity index (χ0) is 15.8. The molecule has 1 saturated heterocycles. The molecule has 2 rings (SSSR count). The highest BCUT2D eigenvalue weighted by Crippen LogP contribution is 2.24. The van der Waals surface area contributed by atoms with Gasteiger partial charge in [0.1, 0.15) is 0 Å². The van der Waals surface area contributed by atoms with Crippen molar-refractivity contribution in [1.29, 1.82) is 0 Å². The second-order valence-electron chi connectivity index (χ2n) is 6.76. The fraction of sp³-hybridized carbons (Fsp3) is 0.632. The lowest BCUT2D eigenvalue weighted by molar-refractivity contribution is -0.123. The van der Waals surface area contributed by atoms with Crippen LogP contribution in [0, 0.1) is 11.8 Å². The lowest BCUT2D eigenvalue weighted by Crippen LogP contribution is -2.36. The summed E-state index contributed by atoms with van der Waals surface area (Å²) in [4.78, 5) is 12.2. The minimum Gasteiger partial charge on any atom is -0.354 e. The van der Waals surface area contributed by atoms with Gasteiger partial charge in [-0.2, -0.15) is 0 Å². The van der Waals surface area contributed by atoms with Crippen LogP contribution in [0.2, 0.25) is 0 Å². The maximum absolute atomic E-state index is 12.2. The Kier molecular flexibility index (Phi) is 6.91. The summed E-state index contributed by atoms with van der Waals surface area (Å²) >= 11 is 0. The van der Waals surface area contributed by atoms with Gasteiger partial charge in [-0.3, -0.25) is 4.79 Å². The third-order valence-corrected chi connectivity index (χ3v) is 4.81. The quantitative estimate of drug-likeness (QED) is 0.812. The maximum atomic E-state index is 12.2. The Morgan fingerprint density at radius 2 is 1.91 bits per heavy atom. The van der Waals surface area contributed by atoms with E-state index in [0.29, 0.717) is 18.3 Å². The fourth-order valence-corrected chi connectivity index (χ4v) is 3.31. The van der Waals surface area contributed by atoms with Gasteiger partial charge in [0, 0.05) is 12.5 Å². The van der Waals surface area contributed by atoms with E-state index in [-0.39, 0.29) is 11.9 Å². The molecule has 0 spiro atoms. The lowest BCUT2D eigenvalue weighted by atomic mass is 9.84. The molecule has 1 aromatic rings. The van der Waals surface area contributed by atoms with Crippen molar-refractivity contribution < 1.29 is 4.79 Å². The normalized spacial score (nSPS) is 18.6. The molecule has 2 N–H and O–H groups in total. The Labute approximate surface area is 134 Å². The molecule has 22 heavy (non-hydrogen) atoms. The van der Waals surface area contributed by atoms with E-state index >= 15 is 0 Å². The van der Waals surface area contributed by atoms with Gasteiger partial charge in [0.25, 0.3) is 0 Å². The average molecular weight is 302 g/mol. The van der Waals surface area contributed by atoms with Gasteiger partial charge in [0.2, 0.25) is 5.91 Å². The summed E-state index contributed by atoms with van der Waals surface area (Å²) < 4.78 is 0. The molecule has 0 bridgehead atoms. The van der Waals surface area contributed by atoms with Crippen LogP contribution in [0.3, 0.4) is 0 Å². The van der Waals surface area contributed by atoms with Crippen molar-refractivity contribution >= 4 is 5.91 Å². The van der Waals surface area contributed by atoms with Gasteiger partial charge in [-0.15, -0.1) is 0 Å². The minimum absolute atomic E-state index is 0.214. The maximum Gasteiger partial charge on any atom is 0.220 e. The smallest absolute Gasteiger partial charge is 0.220 e. The highest BCUT2D eigenvalue weighted by molar-refractivity contribution is 5.76. The van der Waals surface area contributed by atoms with E-state index in [1.165, 1.54) is 18.4 Å². The Bertz CT molecular complexity index is 440. The van der Waals surface area contributed by atoms with Crippen molar-refractivity contribution in [3.63, 3.8) is 0 Å². The highest BCUT2D eigenvalue weighted by Gasteiger charge is 2.22. The van der Waals surface area contributed by atoms with Crippen molar-refractivity contribution in [1.82, 2.24) is 10.6 Å². The van der Waals surface area contributed by atoms with Crippen LogP contribution < -0.4 is 10.6 Å². The highest BCUT2D eigenvalue weighted by atomic mass is 16.1. The first-order valence-corrected chi connectivity index (χ1v) is 8.69. The Balaban J connectivity index is 1.67. The summed E-state index contributed by atoms with van der Waals surface area (Å²) in [5, 5.41) is 6.55. The Hall–Kier alpha value is -1.35. The number of hydrogen-bond donors (Lipinski definition) is 2. The molecule has 1 amide bonds. The predicted octanol–water partition coefficient (Wildman–Crippen LogP) is 3.15. The molecule has 3 heteroatoms. The predicted molar refractivity (Wildman–Crippen MR) is 91.7 cm³/mol. The summed E-state index contributed by atoms with van der Waals surface area (Å²) in [5.74, 6) is 1.40. The molecule has 0 saturated carbocycles. The van der Waals surface area contributed by atoms with Crippen molar-refractivity contribution in [3.05, 3.63) is 35.9 Å². The number of carbonyl (C=O) groups is 1. The molecule has 1 aliphatic heterocycles. The van der Waals surface area contributed by atoms with Crippen molar-refractivity contribution in [3.8, 4) is 0 Å². The van der Waals surface area contributed by atoms with Crippen molar-refractivity contribution in [2.45, 2.75) is 52.0 Å². The van der Waals surface area contributed by atoms with Crippen LogP contribution >= 0.6 is 0 Å². The number of benzene rings is 1. The third kappa shape index (κ3) is 5.80. The second-order valence-corrected chi connectivity index (χ2v) is 6.76. The van der Waals surface area contributed by atoms with Crippen LogP contribution in [-0.4, -0.2) is 25.0 Å². The van der Waals surface area contributed by atoms with Crippen molar-refractivity contribution in [2.24, 2.45) is 11.8 Å². The van der Waals surface area contributed by atoms with E-state index < -0.39 is 0 Å². The topological polar surface area (TPSA) is 41.1 Å². The number of amides is 1. The van der Waals surface area contributed by atoms with Crippen LogP contribution in [0.15, 0.2) is 30.3 Å². The zero-order valence-electron chi connectivity index (χ0n) is 14.0. The summed E-state index contributed by atoms with van der Waals surface area (Å²) in [6, 6.07) is 10.7. The number of rotatable bonds is 7. The number of nitrogens with one attached hydrogen (secondary N) is 2. The average Bonchev–Trinajstić information content (AvgIpc) is 2.54. The third-order valence-electron chi connectivity index (χ3n) is 4.81. The Morgan fingerprint density at radius 1 is 1.23 bits per heavy atom. The van der Waals surface area contributed by atoms with Crippen molar-refractivity contribution in [2.75, 3.05) is 13.1 Å². The first-order chi connectivity index (χ1) is 10.6. The van der Waals surface area contributed by atoms with Crippen LogP contribution in [0.25, 0.3) is 0 Å². The van der Waals surface area contributed by atoms with E-state index in [1.807, 2.05) is 6.07 Å². The molecule has 0 aromatic heterocycles. The van der Waals surface area contributed by atoms with E-state index in [0.717, 1.165) is 25.9 Å². The van der Waals surface area contributed by atoms with E-state index in [1.54, 1.807) is 0 Å². The molecule has 2 atom stereocenters. The molecular weight excluding hydrogens is 272 g/mol. The molecule has 2 unspecified atom stereocenters. The van der Waals surface area contributed by atoms with Crippen LogP contribution in [0.4, 0.5) is 0 Å². The molecule has 122 valence electrons. The summed E-state index contributed by atoms with van der Waals surface area (Å²) in [6.07, 6.45) is 5.10.